The Balaban J connectivity index is 1.62. The summed E-state index contributed by atoms with van der Waals surface area (Å²) >= 11 is 0. The van der Waals surface area contributed by atoms with Gasteiger partial charge in [-0.15, -0.1) is 0 Å². The van der Waals surface area contributed by atoms with Gasteiger partial charge in [-0.25, -0.2) is 9.59 Å². The third-order valence-corrected chi connectivity index (χ3v) is 9.99. The highest BCUT2D eigenvalue weighted by Gasteiger charge is 2.62. The molecule has 0 bridgehead atoms. The number of carboxylic acids is 1. The summed E-state index contributed by atoms with van der Waals surface area (Å²) in [5.74, 6) is 0.393. The van der Waals surface area contributed by atoms with Crippen LogP contribution in [0.25, 0.3) is 0 Å². The summed E-state index contributed by atoms with van der Waals surface area (Å²) in [6.45, 7) is 11.5. The van der Waals surface area contributed by atoms with Crippen LogP contribution in [-0.2, 0) is 19.1 Å². The van der Waals surface area contributed by atoms with Gasteiger partial charge in [0.2, 0.25) is 0 Å². The molecule has 0 unspecified atom stereocenters. The number of hydrogen-bond donors (Lipinski definition) is 3. The van der Waals surface area contributed by atoms with Crippen molar-refractivity contribution in [2.45, 2.75) is 104 Å². The van der Waals surface area contributed by atoms with E-state index in [1.54, 1.807) is 27.7 Å². The number of aliphatic carboxylic acids is 1. The maximum atomic E-state index is 12.7. The van der Waals surface area contributed by atoms with Gasteiger partial charge in [-0.3, -0.25) is 9.59 Å². The number of carbonyl (C=O) groups excluding carboxylic acids is 3. The van der Waals surface area contributed by atoms with Crippen LogP contribution in [0.3, 0.4) is 0 Å². The first-order chi connectivity index (χ1) is 17.2. The first kappa shape index (κ1) is 27.8. The molecule has 4 aliphatic rings. The molecular formula is C29H44N2O6. The lowest BCUT2D eigenvalue weighted by atomic mass is 9.45. The van der Waals surface area contributed by atoms with Crippen LogP contribution < -0.4 is 10.6 Å². The molecule has 37 heavy (non-hydrogen) atoms. The second-order valence-electron chi connectivity index (χ2n) is 13.4. The van der Waals surface area contributed by atoms with Gasteiger partial charge in [0.25, 0.3) is 0 Å². The fourth-order valence-electron chi connectivity index (χ4n) is 8.53. The Bertz CT molecular complexity index is 999. The Kier molecular flexibility index (Phi) is 7.38. The van der Waals surface area contributed by atoms with Gasteiger partial charge >= 0.3 is 12.1 Å². The standard InChI is InChI=1S/C29H44N2O6/c1-16(32)20-9-10-21-19-8-7-17-13-18(33)11-12-28(17,5)24(19)22(14-29(20,21)6)30-15-23(25(34)35)31-26(36)37-27(2,3)4/h13,19-24,30H,7-12,14-15H2,1-6H3,(H,31,36)(H,34,35)/t19-,20+,21-,22-,23+,24+,28-,29+/m0/s1. The van der Waals surface area contributed by atoms with Crippen molar-refractivity contribution in [3.63, 3.8) is 0 Å². The third-order valence-electron chi connectivity index (χ3n) is 9.99. The molecule has 3 saturated carbocycles. The summed E-state index contributed by atoms with van der Waals surface area (Å²) in [7, 11) is 0. The summed E-state index contributed by atoms with van der Waals surface area (Å²) in [6.07, 6.45) is 7.06. The minimum atomic E-state index is -1.15. The molecule has 3 fully saturated rings. The SMILES string of the molecule is CC(=O)[C@H]1CC[C@H]2[C@@H]3CCC4=CC(=O)CC[C@]4(C)[C@H]3[C@@H](NC[C@@H](NC(=O)OC(C)(C)C)C(=O)O)C[C@]12C. The number of amides is 1. The van der Waals surface area contributed by atoms with E-state index in [1.165, 1.54) is 5.57 Å². The van der Waals surface area contributed by atoms with Gasteiger partial charge in [0.15, 0.2) is 5.78 Å². The molecule has 1 amide bonds. The van der Waals surface area contributed by atoms with Gasteiger partial charge in [-0.05, 0) is 101 Å². The minimum Gasteiger partial charge on any atom is -0.480 e. The molecule has 0 spiro atoms. The second-order valence-corrected chi connectivity index (χ2v) is 13.4. The highest BCUT2D eigenvalue weighted by molar-refractivity contribution is 5.91. The molecule has 0 aliphatic heterocycles. The van der Waals surface area contributed by atoms with E-state index in [9.17, 15) is 24.3 Å². The van der Waals surface area contributed by atoms with E-state index >= 15 is 0 Å². The predicted molar refractivity (Wildman–Crippen MR) is 139 cm³/mol. The van der Waals surface area contributed by atoms with E-state index in [0.717, 1.165) is 38.5 Å². The summed E-state index contributed by atoms with van der Waals surface area (Å²) in [6, 6.07) is -1.18. The number of Topliss-reactive ketones (excluding diaryl/α,β-unsaturated/α-hetero) is 1. The van der Waals surface area contributed by atoms with Crippen molar-refractivity contribution in [1.82, 2.24) is 10.6 Å². The van der Waals surface area contributed by atoms with Crippen molar-refractivity contribution in [2.75, 3.05) is 6.54 Å². The van der Waals surface area contributed by atoms with Gasteiger partial charge < -0.3 is 20.5 Å². The summed E-state index contributed by atoms with van der Waals surface area (Å²) in [4.78, 5) is 49.4. The number of fused-ring (bicyclic) bond motifs is 5. The first-order valence-corrected chi connectivity index (χ1v) is 13.9. The molecule has 8 heteroatoms. The van der Waals surface area contributed by atoms with Gasteiger partial charge in [0.05, 0.1) is 0 Å². The molecule has 0 heterocycles. The fraction of sp³-hybridized carbons (Fsp3) is 0.793. The van der Waals surface area contributed by atoms with E-state index in [4.69, 9.17) is 4.74 Å². The molecule has 4 aliphatic carbocycles. The van der Waals surface area contributed by atoms with Crippen LogP contribution in [-0.4, -0.2) is 53.0 Å². The molecule has 0 radical (unpaired) electrons. The molecule has 0 saturated heterocycles. The van der Waals surface area contributed by atoms with Crippen LogP contribution in [0.2, 0.25) is 0 Å². The molecule has 206 valence electrons. The number of rotatable bonds is 6. The lowest BCUT2D eigenvalue weighted by Crippen LogP contribution is -2.62. The molecule has 8 atom stereocenters. The van der Waals surface area contributed by atoms with Crippen LogP contribution >= 0.6 is 0 Å². The van der Waals surface area contributed by atoms with Crippen LogP contribution in [0.5, 0.6) is 0 Å². The quantitative estimate of drug-likeness (QED) is 0.482. The van der Waals surface area contributed by atoms with Gasteiger partial charge in [-0.1, -0.05) is 19.4 Å². The maximum absolute atomic E-state index is 12.7. The Labute approximate surface area is 220 Å². The van der Waals surface area contributed by atoms with Crippen molar-refractivity contribution in [3.8, 4) is 0 Å². The van der Waals surface area contributed by atoms with Crippen molar-refractivity contribution in [2.24, 2.45) is 34.5 Å². The Morgan fingerprint density at radius 2 is 1.86 bits per heavy atom. The van der Waals surface area contributed by atoms with Crippen LogP contribution in [0.15, 0.2) is 11.6 Å². The van der Waals surface area contributed by atoms with Gasteiger partial charge in [-0.2, -0.15) is 0 Å². The van der Waals surface area contributed by atoms with Crippen molar-refractivity contribution >= 4 is 23.6 Å². The van der Waals surface area contributed by atoms with Crippen LogP contribution in [0, 0.1) is 34.5 Å². The number of allylic oxidation sites excluding steroid dienone is 1. The third kappa shape index (κ3) is 5.23. The Morgan fingerprint density at radius 1 is 1.16 bits per heavy atom. The van der Waals surface area contributed by atoms with Gasteiger partial charge in [0, 0.05) is 24.9 Å². The van der Waals surface area contributed by atoms with E-state index in [0.29, 0.717) is 18.3 Å². The Morgan fingerprint density at radius 3 is 2.49 bits per heavy atom. The molecule has 4 rings (SSSR count). The van der Waals surface area contributed by atoms with E-state index in [1.807, 2.05) is 6.08 Å². The van der Waals surface area contributed by atoms with E-state index in [-0.39, 0.29) is 46.8 Å². The molecular weight excluding hydrogens is 472 g/mol. The fourth-order valence-corrected chi connectivity index (χ4v) is 8.53. The first-order valence-electron chi connectivity index (χ1n) is 13.9. The van der Waals surface area contributed by atoms with Crippen molar-refractivity contribution < 1.29 is 29.0 Å². The smallest absolute Gasteiger partial charge is 0.408 e. The lowest BCUT2D eigenvalue weighted by molar-refractivity contribution is -0.139. The highest BCUT2D eigenvalue weighted by Crippen LogP contribution is 2.66. The topological polar surface area (TPSA) is 122 Å². The minimum absolute atomic E-state index is 0.00980. The van der Waals surface area contributed by atoms with E-state index < -0.39 is 23.7 Å². The zero-order valence-corrected chi connectivity index (χ0v) is 23.2. The monoisotopic (exact) mass is 516 g/mol. The number of ketones is 2. The number of ether oxygens (including phenoxy) is 1. The predicted octanol–water partition coefficient (Wildman–Crippen LogP) is 4.27. The molecule has 0 aromatic rings. The number of carboxylic acid groups (broad SMARTS) is 1. The summed E-state index contributed by atoms with van der Waals surface area (Å²) < 4.78 is 5.29. The average molecular weight is 517 g/mol. The van der Waals surface area contributed by atoms with Crippen molar-refractivity contribution in [1.29, 1.82) is 0 Å². The summed E-state index contributed by atoms with van der Waals surface area (Å²) in [5, 5.41) is 15.9. The normalized spacial score (nSPS) is 37.9. The molecule has 0 aromatic carbocycles. The second kappa shape index (κ2) is 9.83. The maximum Gasteiger partial charge on any atom is 0.408 e. The zero-order valence-electron chi connectivity index (χ0n) is 23.2. The summed E-state index contributed by atoms with van der Waals surface area (Å²) in [5.41, 5.74) is 0.206. The van der Waals surface area contributed by atoms with Gasteiger partial charge in [0.1, 0.15) is 17.4 Å². The average Bonchev–Trinajstić information content (AvgIpc) is 3.12. The number of hydrogen-bond acceptors (Lipinski definition) is 6. The lowest BCUT2D eigenvalue weighted by Gasteiger charge is -2.61. The number of nitrogens with one attached hydrogen (secondary N) is 2. The van der Waals surface area contributed by atoms with Crippen LogP contribution in [0.1, 0.15) is 86.5 Å². The van der Waals surface area contributed by atoms with Crippen LogP contribution in [0.4, 0.5) is 4.79 Å². The van der Waals surface area contributed by atoms with E-state index in [2.05, 4.69) is 24.5 Å². The molecule has 8 nitrogen and oxygen atoms in total. The highest BCUT2D eigenvalue weighted by atomic mass is 16.6. The molecule has 0 aromatic heterocycles. The van der Waals surface area contributed by atoms with Crippen molar-refractivity contribution in [3.05, 3.63) is 11.6 Å². The Hall–Kier alpha value is -2.22. The zero-order chi connectivity index (χ0) is 27.3. The number of alkyl carbamates (subject to hydrolysis) is 1. The molecule has 3 N–H and O–H groups in total. The number of carbonyl (C=O) groups is 4. The largest absolute Gasteiger partial charge is 0.480 e.